The number of halogens is 1. The van der Waals surface area contributed by atoms with Gasteiger partial charge in [-0.2, -0.15) is 4.31 Å². The van der Waals surface area contributed by atoms with Gasteiger partial charge in [-0.15, -0.1) is 0 Å². The molecule has 0 radical (unpaired) electrons. The van der Waals surface area contributed by atoms with Crippen LogP contribution in [0.15, 0.2) is 23.1 Å². The number of aliphatic hydroxyl groups is 1. The fourth-order valence-electron chi connectivity index (χ4n) is 2.50. The Hall–Kier alpha value is -1.02. The van der Waals surface area contributed by atoms with Gasteiger partial charge in [0.15, 0.2) is 0 Å². The molecule has 1 heterocycles. The molecule has 0 amide bonds. The van der Waals surface area contributed by atoms with Gasteiger partial charge in [-0.1, -0.05) is 6.07 Å². The molecular formula is C14H21FN2O3S. The molecule has 0 atom stereocenters. The van der Waals surface area contributed by atoms with Crippen LogP contribution in [0.3, 0.4) is 0 Å². The molecule has 1 aromatic rings. The first-order valence-corrected chi connectivity index (χ1v) is 8.43. The smallest absolute Gasteiger partial charge is 0.243 e. The fraction of sp³-hybridized carbons (Fsp3) is 0.571. The highest BCUT2D eigenvalue weighted by atomic mass is 32.2. The highest BCUT2D eigenvalue weighted by Gasteiger charge is 2.30. The summed E-state index contributed by atoms with van der Waals surface area (Å²) in [6.45, 7) is 5.77. The van der Waals surface area contributed by atoms with Gasteiger partial charge in [0, 0.05) is 32.2 Å². The van der Waals surface area contributed by atoms with E-state index in [9.17, 15) is 17.9 Å². The molecule has 5 nitrogen and oxygen atoms in total. The SMILES string of the molecule is CC(C)N1CCN(S(=O)(=O)c2cc(F)ccc2CO)CC1. The number of piperazine rings is 1. The molecule has 118 valence electrons. The zero-order valence-corrected chi connectivity index (χ0v) is 13.1. The van der Waals surface area contributed by atoms with E-state index in [0.717, 1.165) is 12.1 Å². The molecule has 0 saturated carbocycles. The summed E-state index contributed by atoms with van der Waals surface area (Å²) in [5, 5.41) is 9.27. The molecule has 0 unspecified atom stereocenters. The van der Waals surface area contributed by atoms with E-state index in [1.807, 2.05) is 0 Å². The van der Waals surface area contributed by atoms with E-state index in [1.165, 1.54) is 10.4 Å². The number of benzene rings is 1. The minimum Gasteiger partial charge on any atom is -0.392 e. The first kappa shape index (κ1) is 16.4. The molecule has 7 heteroatoms. The quantitative estimate of drug-likeness (QED) is 0.901. The van der Waals surface area contributed by atoms with Crippen molar-refractivity contribution in [1.29, 1.82) is 0 Å². The standard InChI is InChI=1S/C14H21FN2O3S/c1-11(2)16-5-7-17(8-6-16)21(19,20)14-9-13(15)4-3-12(14)10-18/h3-4,9,11,18H,5-8,10H2,1-2H3. The van der Waals surface area contributed by atoms with Crippen molar-refractivity contribution >= 4 is 10.0 Å². The Morgan fingerprint density at radius 3 is 2.38 bits per heavy atom. The summed E-state index contributed by atoms with van der Waals surface area (Å²) in [6, 6.07) is 3.82. The average Bonchev–Trinajstić information content (AvgIpc) is 2.47. The van der Waals surface area contributed by atoms with Gasteiger partial charge in [-0.3, -0.25) is 4.90 Å². The van der Waals surface area contributed by atoms with Crippen molar-refractivity contribution in [3.63, 3.8) is 0 Å². The predicted molar refractivity (Wildman–Crippen MR) is 77.8 cm³/mol. The van der Waals surface area contributed by atoms with E-state index < -0.39 is 22.4 Å². The van der Waals surface area contributed by atoms with Crippen molar-refractivity contribution < 1.29 is 17.9 Å². The first-order chi connectivity index (χ1) is 9.86. The van der Waals surface area contributed by atoms with Gasteiger partial charge in [0.25, 0.3) is 0 Å². The number of nitrogens with zero attached hydrogens (tertiary/aromatic N) is 2. The molecule has 1 aliphatic heterocycles. The Labute approximate surface area is 125 Å². The normalized spacial score (nSPS) is 18.3. The number of rotatable bonds is 4. The van der Waals surface area contributed by atoms with Gasteiger partial charge in [0.1, 0.15) is 5.82 Å². The Balaban J connectivity index is 2.25. The Morgan fingerprint density at radius 1 is 1.24 bits per heavy atom. The van der Waals surface area contributed by atoms with Crippen molar-refractivity contribution in [2.24, 2.45) is 0 Å². The molecule has 0 aromatic heterocycles. The lowest BCUT2D eigenvalue weighted by molar-refractivity contribution is 0.154. The molecule has 1 aromatic carbocycles. The van der Waals surface area contributed by atoms with Crippen molar-refractivity contribution in [2.45, 2.75) is 31.4 Å². The summed E-state index contributed by atoms with van der Waals surface area (Å²) in [6.07, 6.45) is 0. The van der Waals surface area contributed by atoms with Gasteiger partial charge >= 0.3 is 0 Å². The Bertz CT molecular complexity index is 596. The van der Waals surface area contributed by atoms with E-state index >= 15 is 0 Å². The summed E-state index contributed by atoms with van der Waals surface area (Å²) in [4.78, 5) is 2.06. The molecule has 1 fully saturated rings. The zero-order chi connectivity index (χ0) is 15.6. The first-order valence-electron chi connectivity index (χ1n) is 6.99. The van der Waals surface area contributed by atoms with Gasteiger partial charge in [-0.05, 0) is 31.5 Å². The van der Waals surface area contributed by atoms with Crippen molar-refractivity contribution in [3.8, 4) is 0 Å². The molecule has 1 saturated heterocycles. The predicted octanol–water partition coefficient (Wildman–Crippen LogP) is 1.03. The Morgan fingerprint density at radius 2 is 1.86 bits per heavy atom. The topological polar surface area (TPSA) is 60.9 Å². The van der Waals surface area contributed by atoms with Crippen LogP contribution in [0.5, 0.6) is 0 Å². The van der Waals surface area contributed by atoms with Crippen molar-refractivity contribution in [1.82, 2.24) is 9.21 Å². The molecule has 0 bridgehead atoms. The third-order valence-corrected chi connectivity index (χ3v) is 5.80. The molecule has 1 N–H and O–H groups in total. The molecule has 21 heavy (non-hydrogen) atoms. The number of sulfonamides is 1. The lowest BCUT2D eigenvalue weighted by Crippen LogP contribution is -2.50. The van der Waals surface area contributed by atoms with E-state index in [-0.39, 0.29) is 10.5 Å². The average molecular weight is 316 g/mol. The van der Waals surface area contributed by atoms with Crippen LogP contribution in [0.25, 0.3) is 0 Å². The van der Waals surface area contributed by atoms with Crippen LogP contribution in [-0.2, 0) is 16.6 Å². The number of hydrogen-bond acceptors (Lipinski definition) is 4. The summed E-state index contributed by atoms with van der Waals surface area (Å²) in [7, 11) is -3.77. The summed E-state index contributed by atoms with van der Waals surface area (Å²) in [5.74, 6) is -0.619. The van der Waals surface area contributed by atoms with E-state index in [0.29, 0.717) is 32.2 Å². The second kappa shape index (κ2) is 6.39. The van der Waals surface area contributed by atoms with Gasteiger partial charge in [-0.25, -0.2) is 12.8 Å². The van der Waals surface area contributed by atoms with Crippen LogP contribution in [0.4, 0.5) is 4.39 Å². The summed E-state index contributed by atoms with van der Waals surface area (Å²) in [5.41, 5.74) is 0.225. The molecule has 1 aliphatic rings. The maximum atomic E-state index is 13.4. The van der Waals surface area contributed by atoms with E-state index in [4.69, 9.17) is 0 Å². The van der Waals surface area contributed by atoms with Gasteiger partial charge in [0.05, 0.1) is 11.5 Å². The van der Waals surface area contributed by atoms with Crippen molar-refractivity contribution in [2.75, 3.05) is 26.2 Å². The minimum absolute atomic E-state index is 0.136. The van der Waals surface area contributed by atoms with Crippen LogP contribution < -0.4 is 0 Å². The maximum absolute atomic E-state index is 13.4. The van der Waals surface area contributed by atoms with E-state index in [2.05, 4.69) is 18.7 Å². The van der Waals surface area contributed by atoms with Crippen LogP contribution in [-0.4, -0.2) is 55.0 Å². The number of hydrogen-bond donors (Lipinski definition) is 1. The third-order valence-electron chi connectivity index (χ3n) is 3.82. The van der Waals surface area contributed by atoms with Crippen LogP contribution in [0.2, 0.25) is 0 Å². The van der Waals surface area contributed by atoms with Gasteiger partial charge < -0.3 is 5.11 Å². The maximum Gasteiger partial charge on any atom is 0.243 e. The number of aliphatic hydroxyl groups excluding tert-OH is 1. The van der Waals surface area contributed by atoms with Crippen LogP contribution in [0.1, 0.15) is 19.4 Å². The van der Waals surface area contributed by atoms with E-state index in [1.54, 1.807) is 0 Å². The third kappa shape index (κ3) is 3.42. The lowest BCUT2D eigenvalue weighted by Gasteiger charge is -2.36. The largest absolute Gasteiger partial charge is 0.392 e. The summed E-state index contributed by atoms with van der Waals surface area (Å²) < 4.78 is 40.0. The van der Waals surface area contributed by atoms with Crippen molar-refractivity contribution in [3.05, 3.63) is 29.6 Å². The molecular weight excluding hydrogens is 295 g/mol. The molecule has 0 aliphatic carbocycles. The van der Waals surface area contributed by atoms with Crippen LogP contribution in [0, 0.1) is 5.82 Å². The second-order valence-corrected chi connectivity index (χ2v) is 7.35. The summed E-state index contributed by atoms with van der Waals surface area (Å²) >= 11 is 0. The molecule has 2 rings (SSSR count). The van der Waals surface area contributed by atoms with Crippen LogP contribution >= 0.6 is 0 Å². The molecule has 0 spiro atoms. The zero-order valence-electron chi connectivity index (χ0n) is 12.3. The highest BCUT2D eigenvalue weighted by molar-refractivity contribution is 7.89. The fourth-order valence-corrected chi connectivity index (χ4v) is 4.15. The lowest BCUT2D eigenvalue weighted by atomic mass is 10.2. The van der Waals surface area contributed by atoms with Gasteiger partial charge in [0.2, 0.25) is 10.0 Å². The Kier molecular flexibility index (Phi) is 4.98. The minimum atomic E-state index is -3.77. The second-order valence-electron chi connectivity index (χ2n) is 5.44. The monoisotopic (exact) mass is 316 g/mol. The highest BCUT2D eigenvalue weighted by Crippen LogP contribution is 2.23.